The van der Waals surface area contributed by atoms with Crippen LogP contribution in [-0.4, -0.2) is 5.54 Å². The number of benzene rings is 1. The lowest BCUT2D eigenvalue weighted by atomic mass is 9.81. The maximum absolute atomic E-state index is 3.82. The first-order valence-corrected chi connectivity index (χ1v) is 6.46. The third kappa shape index (κ3) is 2.80. The molecule has 94 valence electrons. The van der Waals surface area contributed by atoms with E-state index in [-0.39, 0.29) is 5.54 Å². The van der Waals surface area contributed by atoms with Gasteiger partial charge in [0, 0.05) is 12.1 Å². The highest BCUT2D eigenvalue weighted by molar-refractivity contribution is 5.37. The Morgan fingerprint density at radius 3 is 2.67 bits per heavy atom. The molecule has 1 N–H and O–H groups in total. The van der Waals surface area contributed by atoms with Gasteiger partial charge in [0.1, 0.15) is 0 Å². The second-order valence-electron chi connectivity index (χ2n) is 5.11. The zero-order chi connectivity index (χ0) is 13.0. The van der Waals surface area contributed by atoms with Gasteiger partial charge in [-0.1, -0.05) is 68.1 Å². The van der Waals surface area contributed by atoms with Crippen molar-refractivity contribution in [1.82, 2.24) is 5.32 Å². The van der Waals surface area contributed by atoms with Crippen molar-refractivity contribution in [2.24, 2.45) is 5.92 Å². The molecule has 18 heavy (non-hydrogen) atoms. The molecule has 2 rings (SSSR count). The minimum atomic E-state index is 0.0162. The number of allylic oxidation sites excluding steroid dienone is 3. The van der Waals surface area contributed by atoms with E-state index < -0.39 is 0 Å². The minimum absolute atomic E-state index is 0.0162. The Bertz CT molecular complexity index is 470. The lowest BCUT2D eigenvalue weighted by Crippen LogP contribution is -2.46. The van der Waals surface area contributed by atoms with Crippen LogP contribution in [0.3, 0.4) is 0 Å². The van der Waals surface area contributed by atoms with Crippen molar-refractivity contribution in [3.8, 4) is 0 Å². The van der Waals surface area contributed by atoms with Crippen LogP contribution in [0, 0.1) is 5.92 Å². The molecule has 0 radical (unpaired) electrons. The fraction of sp³-hybridized carbons (Fsp3) is 0.294. The van der Waals surface area contributed by atoms with Crippen molar-refractivity contribution in [3.63, 3.8) is 0 Å². The molecule has 0 saturated carbocycles. The van der Waals surface area contributed by atoms with E-state index in [0.717, 1.165) is 6.54 Å². The van der Waals surface area contributed by atoms with Crippen molar-refractivity contribution in [2.75, 3.05) is 0 Å². The second kappa shape index (κ2) is 5.36. The molecular weight excluding hydrogens is 218 g/mol. The van der Waals surface area contributed by atoms with E-state index in [1.165, 1.54) is 11.1 Å². The summed E-state index contributed by atoms with van der Waals surface area (Å²) in [6, 6.07) is 10.5. The molecule has 0 fully saturated rings. The van der Waals surface area contributed by atoms with Crippen LogP contribution in [0.5, 0.6) is 0 Å². The molecule has 2 atom stereocenters. The molecule has 1 heteroatoms. The summed E-state index contributed by atoms with van der Waals surface area (Å²) in [7, 11) is 0. The minimum Gasteiger partial charge on any atom is -0.304 e. The zero-order valence-electron chi connectivity index (χ0n) is 11.2. The van der Waals surface area contributed by atoms with E-state index in [9.17, 15) is 0 Å². The summed E-state index contributed by atoms with van der Waals surface area (Å²) < 4.78 is 0. The molecule has 0 aromatic heterocycles. The predicted octanol–water partition coefficient (Wildman–Crippen LogP) is 3.85. The van der Waals surface area contributed by atoms with E-state index in [1.54, 1.807) is 0 Å². The lowest BCUT2D eigenvalue weighted by Gasteiger charge is -2.35. The van der Waals surface area contributed by atoms with Gasteiger partial charge in [-0.25, -0.2) is 0 Å². The number of hydrogen-bond donors (Lipinski definition) is 1. The van der Waals surface area contributed by atoms with Crippen LogP contribution in [0.1, 0.15) is 19.4 Å². The molecule has 1 aromatic carbocycles. The summed E-state index contributed by atoms with van der Waals surface area (Å²) in [5, 5.41) is 3.64. The molecule has 1 aliphatic rings. The van der Waals surface area contributed by atoms with Crippen molar-refractivity contribution in [1.29, 1.82) is 0 Å². The average molecular weight is 239 g/mol. The first-order chi connectivity index (χ1) is 8.64. The lowest BCUT2D eigenvalue weighted by molar-refractivity contribution is 0.349. The van der Waals surface area contributed by atoms with E-state index in [1.807, 2.05) is 12.1 Å². The zero-order valence-corrected chi connectivity index (χ0v) is 11.2. The van der Waals surface area contributed by atoms with Crippen LogP contribution in [0.2, 0.25) is 0 Å². The summed E-state index contributed by atoms with van der Waals surface area (Å²) in [5.74, 6) is 0.458. The fourth-order valence-corrected chi connectivity index (χ4v) is 2.18. The molecule has 1 aromatic rings. The van der Waals surface area contributed by atoms with Crippen molar-refractivity contribution >= 4 is 0 Å². The average Bonchev–Trinajstić information content (AvgIpc) is 2.41. The highest BCUT2D eigenvalue weighted by atomic mass is 15.0. The van der Waals surface area contributed by atoms with E-state index in [0.29, 0.717) is 5.92 Å². The molecule has 0 bridgehead atoms. The molecular formula is C17H21N. The number of hydrogen-bond acceptors (Lipinski definition) is 1. The van der Waals surface area contributed by atoms with Crippen molar-refractivity contribution < 1.29 is 0 Å². The van der Waals surface area contributed by atoms with Crippen LogP contribution in [0.15, 0.2) is 66.8 Å². The van der Waals surface area contributed by atoms with Crippen LogP contribution in [0.4, 0.5) is 0 Å². The van der Waals surface area contributed by atoms with Crippen LogP contribution < -0.4 is 5.32 Å². The second-order valence-corrected chi connectivity index (χ2v) is 5.11. The Labute approximate surface area is 110 Å². The van der Waals surface area contributed by atoms with E-state index >= 15 is 0 Å². The normalized spacial score (nSPS) is 26.8. The summed E-state index contributed by atoms with van der Waals surface area (Å²) in [5.41, 5.74) is 2.54. The number of nitrogens with one attached hydrogen (secondary N) is 1. The Kier molecular flexibility index (Phi) is 3.83. The van der Waals surface area contributed by atoms with E-state index in [4.69, 9.17) is 0 Å². The SMILES string of the molecule is C=CC1=CC(C)C(C)(NCc2ccccc2)C=C1. The first kappa shape index (κ1) is 12.8. The van der Waals surface area contributed by atoms with Crippen LogP contribution in [-0.2, 0) is 6.54 Å². The van der Waals surface area contributed by atoms with Gasteiger partial charge < -0.3 is 5.32 Å². The maximum atomic E-state index is 3.82. The summed E-state index contributed by atoms with van der Waals surface area (Å²) in [6.07, 6.45) is 8.57. The third-order valence-corrected chi connectivity index (χ3v) is 3.76. The van der Waals surface area contributed by atoms with Gasteiger partial charge in [0.05, 0.1) is 0 Å². The van der Waals surface area contributed by atoms with Gasteiger partial charge in [0.25, 0.3) is 0 Å². The Morgan fingerprint density at radius 2 is 2.06 bits per heavy atom. The topological polar surface area (TPSA) is 12.0 Å². The molecule has 0 amide bonds. The van der Waals surface area contributed by atoms with Gasteiger partial charge in [-0.2, -0.15) is 0 Å². The Morgan fingerprint density at radius 1 is 1.33 bits per heavy atom. The maximum Gasteiger partial charge on any atom is 0.0402 e. The van der Waals surface area contributed by atoms with Gasteiger partial charge in [-0.3, -0.25) is 0 Å². The fourth-order valence-electron chi connectivity index (χ4n) is 2.18. The largest absolute Gasteiger partial charge is 0.304 e. The molecule has 0 spiro atoms. The summed E-state index contributed by atoms with van der Waals surface area (Å²) in [4.78, 5) is 0. The molecule has 0 heterocycles. The first-order valence-electron chi connectivity index (χ1n) is 6.46. The molecule has 1 nitrogen and oxygen atoms in total. The van der Waals surface area contributed by atoms with Gasteiger partial charge >= 0.3 is 0 Å². The molecule has 0 saturated heterocycles. The van der Waals surface area contributed by atoms with Gasteiger partial charge in [-0.05, 0) is 24.0 Å². The third-order valence-electron chi connectivity index (χ3n) is 3.76. The number of rotatable bonds is 4. The summed E-state index contributed by atoms with van der Waals surface area (Å²) >= 11 is 0. The van der Waals surface area contributed by atoms with Crippen LogP contribution in [0.25, 0.3) is 0 Å². The highest BCUT2D eigenvalue weighted by Gasteiger charge is 2.28. The standard InChI is InChI=1S/C17H21N/c1-4-15-10-11-17(3,14(2)12-15)18-13-16-8-6-5-7-9-16/h4-12,14,18H,1,13H2,2-3H3. The van der Waals surface area contributed by atoms with Gasteiger partial charge in [0.2, 0.25) is 0 Å². The predicted molar refractivity (Wildman–Crippen MR) is 78.3 cm³/mol. The van der Waals surface area contributed by atoms with Crippen molar-refractivity contribution in [3.05, 3.63) is 72.4 Å². The Hall–Kier alpha value is -1.60. The quantitative estimate of drug-likeness (QED) is 0.841. The summed E-state index contributed by atoms with van der Waals surface area (Å²) in [6.45, 7) is 9.20. The molecule has 2 unspecified atom stereocenters. The Balaban J connectivity index is 2.03. The van der Waals surface area contributed by atoms with E-state index in [2.05, 4.69) is 68.2 Å². The van der Waals surface area contributed by atoms with Crippen LogP contribution >= 0.6 is 0 Å². The smallest absolute Gasteiger partial charge is 0.0402 e. The van der Waals surface area contributed by atoms with Gasteiger partial charge in [0.15, 0.2) is 0 Å². The highest BCUT2D eigenvalue weighted by Crippen LogP contribution is 2.27. The van der Waals surface area contributed by atoms with Gasteiger partial charge in [-0.15, -0.1) is 0 Å². The molecule has 1 aliphatic carbocycles. The van der Waals surface area contributed by atoms with Crippen molar-refractivity contribution in [2.45, 2.75) is 25.9 Å². The monoisotopic (exact) mass is 239 g/mol. The molecule has 0 aliphatic heterocycles.